The molecule has 2 aliphatic carbocycles. The van der Waals surface area contributed by atoms with E-state index in [0.29, 0.717) is 0 Å². The van der Waals surface area contributed by atoms with Gasteiger partial charge in [0.05, 0.1) is 0 Å². The number of hydrogen-bond acceptors (Lipinski definition) is 0. The van der Waals surface area contributed by atoms with E-state index >= 15 is 0 Å². The second-order valence-corrected chi connectivity index (χ2v) is 26.6. The first-order chi connectivity index (χ1) is 37.5. The van der Waals surface area contributed by atoms with Gasteiger partial charge in [-0.3, -0.25) is 0 Å². The van der Waals surface area contributed by atoms with E-state index in [4.69, 9.17) is 0 Å². The van der Waals surface area contributed by atoms with Gasteiger partial charge in [-0.25, -0.2) is 0 Å². The minimum absolute atomic E-state index is 0.266. The summed E-state index contributed by atoms with van der Waals surface area (Å²) in [7, 11) is 0. The molecular formula is C79H124. The van der Waals surface area contributed by atoms with Crippen molar-refractivity contribution in [3.63, 3.8) is 0 Å². The summed E-state index contributed by atoms with van der Waals surface area (Å²) >= 11 is 0. The van der Waals surface area contributed by atoms with Gasteiger partial charge in [-0.15, -0.1) is 0 Å². The molecule has 0 saturated heterocycles. The molecule has 0 N–H and O–H groups in total. The van der Waals surface area contributed by atoms with Crippen LogP contribution in [0.2, 0.25) is 0 Å². The summed E-state index contributed by atoms with van der Waals surface area (Å²) in [6.45, 7) is 44.7. The highest BCUT2D eigenvalue weighted by Crippen LogP contribution is 2.32. The number of aryl methyl sites for hydroxylation is 19. The molecule has 0 unspecified atom stereocenters. The fourth-order valence-corrected chi connectivity index (χ4v) is 12.7. The maximum Gasteiger partial charge on any atom is -0.0129 e. The Bertz CT molecular complexity index is 2470. The van der Waals surface area contributed by atoms with Crippen molar-refractivity contribution in [2.24, 2.45) is 11.8 Å². The first-order valence-electron chi connectivity index (χ1n) is 32.9. The Balaban J connectivity index is 0.000000267. The normalized spacial score (nSPS) is 13.8. The van der Waals surface area contributed by atoms with Crippen LogP contribution in [0, 0.1) is 102 Å². The van der Waals surface area contributed by atoms with Gasteiger partial charge >= 0.3 is 0 Å². The van der Waals surface area contributed by atoms with E-state index in [1.54, 1.807) is 33.4 Å². The molecule has 0 heterocycles. The quantitative estimate of drug-likeness (QED) is 0.0767. The van der Waals surface area contributed by atoms with Crippen LogP contribution < -0.4 is 0 Å². The van der Waals surface area contributed by atoms with Crippen LogP contribution in [0.25, 0.3) is 0 Å². The van der Waals surface area contributed by atoms with E-state index in [1.807, 2.05) is 0 Å². The van der Waals surface area contributed by atoms with E-state index in [0.717, 1.165) is 24.7 Å². The third kappa shape index (κ3) is 25.0. The van der Waals surface area contributed by atoms with E-state index in [-0.39, 0.29) is 5.41 Å². The molecular weight excluding hydrogens is 949 g/mol. The van der Waals surface area contributed by atoms with Crippen molar-refractivity contribution in [2.75, 3.05) is 0 Å². The van der Waals surface area contributed by atoms with Crippen molar-refractivity contribution in [1.29, 1.82) is 0 Å². The van der Waals surface area contributed by atoms with Crippen LogP contribution in [-0.4, -0.2) is 0 Å². The molecule has 0 nitrogen and oxygen atoms in total. The average Bonchev–Trinajstić information content (AvgIpc) is 3.42. The highest BCUT2D eigenvalue weighted by molar-refractivity contribution is 5.41. The maximum absolute atomic E-state index is 2.52. The van der Waals surface area contributed by atoms with Gasteiger partial charge in [0.15, 0.2) is 0 Å². The molecule has 2 saturated carbocycles. The molecule has 2 fully saturated rings. The molecule has 79 heavy (non-hydrogen) atoms. The predicted octanol–water partition coefficient (Wildman–Crippen LogP) is 24.1. The SMILES string of the molecule is CCCCCCc1cc(C)c(C)cc1C.CCCCCCc1cc(C)c(CC)cc1C.CCc1cc(C)c(C)cc1C.Cc1cc(C)c(C(C)(C)C)cc1C.Cc1cc(CCC2CCCCC2)c(C)cc1CCC1CCCCC1. The lowest BCUT2D eigenvalue weighted by atomic mass is 9.82. The smallest absolute Gasteiger partial charge is 0.0129 e. The first kappa shape index (κ1) is 69.4. The Morgan fingerprint density at radius 1 is 0.291 bits per heavy atom. The lowest BCUT2D eigenvalue weighted by molar-refractivity contribution is 0.338. The average molecular weight is 1070 g/mol. The van der Waals surface area contributed by atoms with Crippen molar-refractivity contribution in [3.05, 3.63) is 172 Å². The highest BCUT2D eigenvalue weighted by Gasteiger charge is 2.18. The van der Waals surface area contributed by atoms with E-state index in [2.05, 4.69) is 199 Å². The largest absolute Gasteiger partial charge is 0.0654 e. The van der Waals surface area contributed by atoms with Crippen LogP contribution in [0.1, 0.15) is 288 Å². The summed E-state index contributed by atoms with van der Waals surface area (Å²) in [6.07, 6.45) is 35.9. The van der Waals surface area contributed by atoms with Crippen molar-refractivity contribution in [1.82, 2.24) is 0 Å². The van der Waals surface area contributed by atoms with Gasteiger partial charge in [-0.2, -0.15) is 0 Å². The molecule has 0 aliphatic heterocycles. The van der Waals surface area contributed by atoms with Gasteiger partial charge in [0.1, 0.15) is 0 Å². The molecule has 0 spiro atoms. The van der Waals surface area contributed by atoms with Crippen molar-refractivity contribution in [3.8, 4) is 0 Å². The van der Waals surface area contributed by atoms with Gasteiger partial charge in [-0.1, -0.05) is 212 Å². The molecule has 0 atom stereocenters. The van der Waals surface area contributed by atoms with Crippen LogP contribution in [0.5, 0.6) is 0 Å². The minimum atomic E-state index is 0.266. The number of benzene rings is 5. The summed E-state index contributed by atoms with van der Waals surface area (Å²) < 4.78 is 0. The molecule has 0 radical (unpaired) electrons. The van der Waals surface area contributed by atoms with Crippen LogP contribution in [0.3, 0.4) is 0 Å². The van der Waals surface area contributed by atoms with Gasteiger partial charge in [0.2, 0.25) is 0 Å². The molecule has 0 heteroatoms. The first-order valence-corrected chi connectivity index (χ1v) is 32.9. The summed E-state index contributed by atoms with van der Waals surface area (Å²) in [4.78, 5) is 0. The van der Waals surface area contributed by atoms with Crippen LogP contribution in [0.4, 0.5) is 0 Å². The van der Waals surface area contributed by atoms with Gasteiger partial charge in [0, 0.05) is 0 Å². The van der Waals surface area contributed by atoms with Crippen LogP contribution in [0.15, 0.2) is 60.7 Å². The van der Waals surface area contributed by atoms with E-state index in [1.165, 1.54) is 232 Å². The summed E-state index contributed by atoms with van der Waals surface area (Å²) in [5.41, 5.74) is 29.9. The summed E-state index contributed by atoms with van der Waals surface area (Å²) in [5.74, 6) is 2.01. The van der Waals surface area contributed by atoms with E-state index < -0.39 is 0 Å². The standard InChI is InChI=1S/C24H38.C16H26.C15H24.C13H20.C11H16/c1-19-17-24(16-14-22-11-7-4-8-12-22)20(2)18-23(19)15-13-21-9-5-3-6-10-21;1-5-7-8-9-10-16-12-13(3)15(6-2)11-14(16)4;1-5-6-7-8-9-15-11-13(3)12(2)10-14(15)4;1-9-7-11(3)12(8-10(9)2)13(4,5)6;1-5-11-7-9(3)8(2)6-10(11)4/h17-18,21-22H,3-16H2,1-2H3;11-12H,5-10H2,1-4H3;10-11H,5-9H2,1-4H3;7-8H,1-6H3;6-7H,5H2,1-4H3. The zero-order valence-electron chi connectivity index (χ0n) is 55.8. The van der Waals surface area contributed by atoms with E-state index in [9.17, 15) is 0 Å². The van der Waals surface area contributed by atoms with Crippen molar-refractivity contribution < 1.29 is 0 Å². The Morgan fingerprint density at radius 2 is 0.570 bits per heavy atom. The lowest BCUT2D eigenvalue weighted by Gasteiger charge is -2.23. The zero-order chi connectivity index (χ0) is 58.7. The second-order valence-electron chi connectivity index (χ2n) is 26.6. The number of unbranched alkanes of at least 4 members (excludes halogenated alkanes) is 6. The molecule has 0 bridgehead atoms. The summed E-state index contributed by atoms with van der Waals surface area (Å²) in [5, 5.41) is 0. The fourth-order valence-electron chi connectivity index (χ4n) is 12.7. The Morgan fingerprint density at radius 3 is 0.937 bits per heavy atom. The lowest BCUT2D eigenvalue weighted by Crippen LogP contribution is -2.13. The molecule has 0 aromatic heterocycles. The Kier molecular flexibility index (Phi) is 32.1. The van der Waals surface area contributed by atoms with Crippen molar-refractivity contribution in [2.45, 2.75) is 311 Å². The van der Waals surface area contributed by atoms with Gasteiger partial charge < -0.3 is 0 Å². The monoisotopic (exact) mass is 1070 g/mol. The summed E-state index contributed by atoms with van der Waals surface area (Å²) in [6, 6.07) is 23.7. The molecule has 0 amide bonds. The highest BCUT2D eigenvalue weighted by atomic mass is 14.2. The Labute approximate surface area is 492 Å². The molecule has 440 valence electrons. The van der Waals surface area contributed by atoms with Crippen LogP contribution >= 0.6 is 0 Å². The molecule has 7 rings (SSSR count). The molecule has 2 aliphatic rings. The zero-order valence-corrected chi connectivity index (χ0v) is 55.8. The van der Waals surface area contributed by atoms with Gasteiger partial charge in [0.25, 0.3) is 0 Å². The second kappa shape index (κ2) is 36.5. The maximum atomic E-state index is 2.52. The number of hydrogen-bond donors (Lipinski definition) is 0. The van der Waals surface area contributed by atoms with Crippen molar-refractivity contribution >= 4 is 0 Å². The topological polar surface area (TPSA) is 0 Å². The fraction of sp³-hybridized carbons (Fsp3) is 0.620. The van der Waals surface area contributed by atoms with Gasteiger partial charge in [-0.05, 0) is 283 Å². The minimum Gasteiger partial charge on any atom is -0.0654 e. The third-order valence-electron chi connectivity index (χ3n) is 18.6. The molecule has 5 aromatic carbocycles. The van der Waals surface area contributed by atoms with Crippen LogP contribution in [-0.2, 0) is 43.9 Å². The molecule has 5 aromatic rings. The third-order valence-corrected chi connectivity index (χ3v) is 18.6. The number of rotatable bonds is 18. The Hall–Kier alpha value is -3.90. The predicted molar refractivity (Wildman–Crippen MR) is 357 cm³/mol.